The number of hydrogen-bond donors (Lipinski definition) is 0. The predicted molar refractivity (Wildman–Crippen MR) is 62.7 cm³/mol. The minimum Gasteiger partial charge on any atom is -0.501 e. The van der Waals surface area contributed by atoms with Crippen molar-refractivity contribution in [3.8, 4) is 0 Å². The summed E-state index contributed by atoms with van der Waals surface area (Å²) in [6, 6.07) is 1.98. The van der Waals surface area contributed by atoms with E-state index in [1.165, 1.54) is 12.0 Å². The molecular weight excluding hydrogens is 549 g/mol. The summed E-state index contributed by atoms with van der Waals surface area (Å²) in [7, 11) is 10.9. The molecule has 0 saturated carbocycles. The molecule has 0 N–H and O–H groups in total. The van der Waals surface area contributed by atoms with Gasteiger partial charge in [-0.2, -0.15) is 6.07 Å². The maximum Gasteiger partial charge on any atom is 1.00 e. The number of hydrogen-bond acceptors (Lipinski definition) is 1. The van der Waals surface area contributed by atoms with Crippen LogP contribution in [0.4, 0.5) is 0 Å². The van der Waals surface area contributed by atoms with Gasteiger partial charge in [-0.25, -0.2) is 6.32 Å². The Bertz CT molecular complexity index is 290. The maximum atomic E-state index is 5.61. The summed E-state index contributed by atoms with van der Waals surface area (Å²) in [4.78, 5) is 0. The van der Waals surface area contributed by atoms with Crippen molar-refractivity contribution in [3.05, 3.63) is 29.5 Å². The van der Waals surface area contributed by atoms with E-state index in [1.807, 2.05) is 13.0 Å². The molecule has 0 aliphatic heterocycles. The molecule has 0 bridgehead atoms. The van der Waals surface area contributed by atoms with Gasteiger partial charge in [-0.1, -0.05) is 25.8 Å². The SMILES string of the molecule is [B]B([B])[CH-]c1cc(C)c(CCCC)o1.[Os+].[Os]. The van der Waals surface area contributed by atoms with E-state index in [4.69, 9.17) is 19.9 Å². The fourth-order valence-corrected chi connectivity index (χ4v) is 1.40. The van der Waals surface area contributed by atoms with Gasteiger partial charge in [-0.3, -0.25) is 0 Å². The second-order valence-corrected chi connectivity index (χ2v) is 3.60. The second kappa shape index (κ2) is 9.63. The van der Waals surface area contributed by atoms with Crippen LogP contribution in [0.1, 0.15) is 36.8 Å². The zero-order valence-corrected chi connectivity index (χ0v) is 14.7. The van der Waals surface area contributed by atoms with Gasteiger partial charge in [0.05, 0.1) is 5.76 Å². The Labute approximate surface area is 128 Å². The first-order valence-corrected chi connectivity index (χ1v) is 5.08. The average Bonchev–Trinajstić information content (AvgIpc) is 2.41. The Morgan fingerprint density at radius 3 is 2.56 bits per heavy atom. The molecule has 0 aliphatic carbocycles. The second-order valence-electron chi connectivity index (χ2n) is 3.60. The van der Waals surface area contributed by atoms with Crippen LogP contribution in [0.5, 0.6) is 0 Å². The monoisotopic (exact) mass is 567 g/mol. The van der Waals surface area contributed by atoms with Crippen molar-refractivity contribution in [2.75, 3.05) is 0 Å². The molecule has 1 heterocycles. The van der Waals surface area contributed by atoms with Crippen molar-refractivity contribution in [1.29, 1.82) is 0 Å². The van der Waals surface area contributed by atoms with Gasteiger partial charge in [0, 0.05) is 26.2 Å². The van der Waals surface area contributed by atoms with E-state index in [2.05, 4.69) is 6.92 Å². The third-order valence-electron chi connectivity index (χ3n) is 2.15. The molecule has 16 heavy (non-hydrogen) atoms. The number of unbranched alkanes of at least 4 members (excludes halogenated alkanes) is 1. The molecule has 0 saturated heterocycles. The number of aryl methyl sites for hydroxylation is 2. The molecule has 85 valence electrons. The van der Waals surface area contributed by atoms with Crippen LogP contribution in [0.2, 0.25) is 0 Å². The van der Waals surface area contributed by atoms with E-state index in [-0.39, 0.29) is 39.6 Å². The molecule has 0 atom stereocenters. The van der Waals surface area contributed by atoms with Gasteiger partial charge in [-0.05, 0) is 34.1 Å². The summed E-state index contributed by atoms with van der Waals surface area (Å²) in [6.45, 7) is 3.77. The molecule has 1 rings (SSSR count). The van der Waals surface area contributed by atoms with Gasteiger partial charge in [0.1, 0.15) is 0 Å². The van der Waals surface area contributed by atoms with Gasteiger partial charge in [-0.15, -0.1) is 0 Å². The van der Waals surface area contributed by atoms with Crippen LogP contribution in [-0.4, -0.2) is 22.0 Å². The standard InChI is InChI=1S/C10H14B3O.2Os/c1-3-4-5-10-8(2)6-9(14-10)7-13(11)12;;/h6-7H,3-5H2,1-2H3;;/q-1;;+1. The molecule has 6 heteroatoms. The van der Waals surface area contributed by atoms with Crippen LogP contribution < -0.4 is 0 Å². The molecule has 5 radical (unpaired) electrons. The molecule has 0 unspecified atom stereocenters. The summed E-state index contributed by atoms with van der Waals surface area (Å²) in [6.07, 6.45) is 5.05. The van der Waals surface area contributed by atoms with Crippen LogP contribution in [-0.2, 0) is 46.0 Å². The van der Waals surface area contributed by atoms with Crippen LogP contribution in [0.3, 0.4) is 0 Å². The van der Waals surface area contributed by atoms with E-state index in [1.54, 1.807) is 6.32 Å². The van der Waals surface area contributed by atoms with E-state index in [0.29, 0.717) is 0 Å². The van der Waals surface area contributed by atoms with Crippen molar-refractivity contribution >= 4 is 22.0 Å². The first kappa shape index (κ1) is 19.0. The van der Waals surface area contributed by atoms with Gasteiger partial charge in [0.25, 0.3) is 0 Å². The van der Waals surface area contributed by atoms with Crippen LogP contribution in [0, 0.1) is 13.2 Å². The summed E-state index contributed by atoms with van der Waals surface area (Å²) in [5.74, 6) is 1.84. The van der Waals surface area contributed by atoms with Crippen molar-refractivity contribution in [3.63, 3.8) is 0 Å². The fraction of sp³-hybridized carbons (Fsp3) is 0.500. The van der Waals surface area contributed by atoms with E-state index in [9.17, 15) is 0 Å². The van der Waals surface area contributed by atoms with Crippen molar-refractivity contribution < 1.29 is 44.0 Å². The quantitative estimate of drug-likeness (QED) is 0.394. The fourth-order valence-electron chi connectivity index (χ4n) is 1.40. The minimum absolute atomic E-state index is 0. The van der Waals surface area contributed by atoms with Crippen LogP contribution in [0.25, 0.3) is 0 Å². The Morgan fingerprint density at radius 2 is 2.06 bits per heavy atom. The molecule has 0 aliphatic rings. The normalized spacial score (nSPS) is 8.88. The molecule has 1 aromatic rings. The summed E-state index contributed by atoms with van der Waals surface area (Å²) < 4.78 is 5.61. The zero-order chi connectivity index (χ0) is 10.6. The first-order chi connectivity index (χ1) is 6.63. The largest absolute Gasteiger partial charge is 1.00 e. The van der Waals surface area contributed by atoms with Gasteiger partial charge < -0.3 is 4.42 Å². The average molecular weight is 563 g/mol. The Kier molecular flexibility index (Phi) is 11.4. The van der Waals surface area contributed by atoms with Crippen LogP contribution >= 0.6 is 0 Å². The smallest absolute Gasteiger partial charge is 0.501 e. The predicted octanol–water partition coefficient (Wildman–Crippen LogP) is 1.84. The minimum atomic E-state index is -0.445. The summed E-state index contributed by atoms with van der Waals surface area (Å²) >= 11 is 0. The number of furan rings is 1. The third kappa shape index (κ3) is 6.38. The van der Waals surface area contributed by atoms with Gasteiger partial charge in [0.15, 0.2) is 0 Å². The molecule has 0 amide bonds. The summed E-state index contributed by atoms with van der Waals surface area (Å²) in [5, 5.41) is 0. The Hall–Kier alpha value is 0.618. The Balaban J connectivity index is 0. The first-order valence-electron chi connectivity index (χ1n) is 5.08. The zero-order valence-electron chi connectivity index (χ0n) is 9.62. The van der Waals surface area contributed by atoms with E-state index in [0.717, 1.165) is 24.4 Å². The van der Waals surface area contributed by atoms with Crippen molar-refractivity contribution in [2.24, 2.45) is 0 Å². The van der Waals surface area contributed by atoms with E-state index < -0.39 is 6.49 Å². The van der Waals surface area contributed by atoms with Crippen LogP contribution in [0.15, 0.2) is 10.5 Å². The van der Waals surface area contributed by atoms with Gasteiger partial charge in [0.2, 0.25) is 0 Å². The molecule has 1 aromatic heterocycles. The molecule has 0 fully saturated rings. The van der Waals surface area contributed by atoms with Crippen molar-refractivity contribution in [2.45, 2.75) is 33.1 Å². The molecule has 0 aromatic carbocycles. The molecular formula is C10H14B3OOs2. The topological polar surface area (TPSA) is 13.1 Å². The summed E-state index contributed by atoms with van der Waals surface area (Å²) in [5.41, 5.74) is 1.19. The third-order valence-corrected chi connectivity index (χ3v) is 2.15. The Morgan fingerprint density at radius 1 is 1.44 bits per heavy atom. The maximum absolute atomic E-state index is 5.61. The number of rotatable bonds is 5. The van der Waals surface area contributed by atoms with Gasteiger partial charge >= 0.3 is 19.8 Å². The molecule has 1 nitrogen and oxygen atoms in total. The molecule has 0 spiro atoms. The van der Waals surface area contributed by atoms with Crippen molar-refractivity contribution in [1.82, 2.24) is 0 Å². The van der Waals surface area contributed by atoms with E-state index >= 15 is 0 Å².